The number of benzene rings is 1. The van der Waals surface area contributed by atoms with Crippen molar-refractivity contribution in [1.82, 2.24) is 15.6 Å². The van der Waals surface area contributed by atoms with Crippen molar-refractivity contribution < 1.29 is 4.79 Å². The van der Waals surface area contributed by atoms with Gasteiger partial charge in [-0.15, -0.1) is 0 Å². The van der Waals surface area contributed by atoms with Crippen LogP contribution in [0.5, 0.6) is 0 Å². The summed E-state index contributed by atoms with van der Waals surface area (Å²) >= 11 is 3.44. The molecule has 6 heteroatoms. The molecule has 0 saturated heterocycles. The average molecular weight is 429 g/mol. The molecule has 1 unspecified atom stereocenters. The van der Waals surface area contributed by atoms with Gasteiger partial charge in [-0.1, -0.05) is 51.1 Å². The Morgan fingerprint density at radius 3 is 2.78 bits per heavy atom. The average Bonchev–Trinajstić information content (AvgIpc) is 3.05. The quantitative estimate of drug-likeness (QED) is 0.546. The summed E-state index contributed by atoms with van der Waals surface area (Å²) < 4.78 is 0.769. The predicted molar refractivity (Wildman–Crippen MR) is 113 cm³/mol. The molecule has 0 saturated carbocycles. The van der Waals surface area contributed by atoms with E-state index in [1.807, 2.05) is 36.4 Å². The van der Waals surface area contributed by atoms with Crippen molar-refractivity contribution >= 4 is 34.1 Å². The lowest BCUT2D eigenvalue weighted by Crippen LogP contribution is -2.28. The molecule has 0 radical (unpaired) electrons. The molecule has 1 aromatic heterocycles. The van der Waals surface area contributed by atoms with Crippen LogP contribution in [-0.2, 0) is 12.8 Å². The first kappa shape index (κ1) is 19.5. The normalized spacial score (nSPS) is 17.8. The van der Waals surface area contributed by atoms with Crippen LogP contribution in [-0.4, -0.2) is 22.3 Å². The van der Waals surface area contributed by atoms with Gasteiger partial charge in [-0.05, 0) is 58.2 Å². The number of aromatic amines is 1. The molecule has 27 heavy (non-hydrogen) atoms. The fraction of sp³-hybridized carbons (Fsp3) is 0.381. The minimum atomic E-state index is -0.279. The number of aryl methyl sites for hydroxylation is 1. The third-order valence-corrected chi connectivity index (χ3v) is 5.48. The third kappa shape index (κ3) is 4.95. The van der Waals surface area contributed by atoms with E-state index in [4.69, 9.17) is 0 Å². The van der Waals surface area contributed by atoms with E-state index in [0.29, 0.717) is 11.6 Å². The SMILES string of the molecule is CC(C)(C)C1CCc2[nH]nc(C(=O)NN=CC(Br)=Cc3ccccc3)c2C1. The lowest BCUT2D eigenvalue weighted by atomic mass is 9.71. The standard InChI is InChI=1S/C21H25BrN4O/c1-21(2,3)15-9-10-18-17(12-15)19(25-24-18)20(27)26-23-13-16(22)11-14-7-5-4-6-8-14/h4-8,11,13,15H,9-10,12H2,1-3H3,(H,24,25)(H,26,27). The Labute approximate surface area is 168 Å². The Hall–Kier alpha value is -2.21. The number of halogens is 1. The number of rotatable bonds is 4. The molecule has 1 aromatic carbocycles. The van der Waals surface area contributed by atoms with E-state index in [0.717, 1.165) is 40.6 Å². The van der Waals surface area contributed by atoms with Crippen LogP contribution in [0, 0.1) is 11.3 Å². The number of allylic oxidation sites excluding steroid dienone is 1. The molecule has 0 spiro atoms. The maximum atomic E-state index is 12.5. The first-order valence-corrected chi connectivity index (χ1v) is 9.95. The van der Waals surface area contributed by atoms with E-state index in [2.05, 4.69) is 57.4 Å². The molecule has 1 aliphatic carbocycles. The van der Waals surface area contributed by atoms with Crippen LogP contribution in [0.4, 0.5) is 0 Å². The number of hydrogen-bond donors (Lipinski definition) is 2. The van der Waals surface area contributed by atoms with E-state index in [1.54, 1.807) is 6.21 Å². The number of nitrogens with zero attached hydrogens (tertiary/aromatic N) is 2. The topological polar surface area (TPSA) is 70.1 Å². The van der Waals surface area contributed by atoms with Crippen LogP contribution in [0.25, 0.3) is 6.08 Å². The first-order valence-electron chi connectivity index (χ1n) is 9.16. The molecule has 1 amide bonds. The van der Waals surface area contributed by atoms with Gasteiger partial charge in [-0.25, -0.2) is 5.43 Å². The monoisotopic (exact) mass is 428 g/mol. The number of H-pyrrole nitrogens is 1. The second kappa shape index (κ2) is 8.21. The number of amides is 1. The second-order valence-corrected chi connectivity index (χ2v) is 8.89. The Morgan fingerprint density at radius 2 is 2.07 bits per heavy atom. The number of aromatic nitrogens is 2. The largest absolute Gasteiger partial charge is 0.292 e. The maximum absolute atomic E-state index is 12.5. The van der Waals surface area contributed by atoms with Crippen molar-refractivity contribution in [2.45, 2.75) is 40.0 Å². The molecule has 0 aliphatic heterocycles. The molecular weight excluding hydrogens is 404 g/mol. The zero-order valence-corrected chi connectivity index (χ0v) is 17.5. The number of nitrogens with one attached hydrogen (secondary N) is 2. The summed E-state index contributed by atoms with van der Waals surface area (Å²) in [6.45, 7) is 6.76. The number of carbonyl (C=O) groups excluding carboxylic acids is 1. The van der Waals surface area contributed by atoms with Gasteiger partial charge in [0.05, 0.1) is 6.21 Å². The van der Waals surface area contributed by atoms with Gasteiger partial charge in [-0.3, -0.25) is 9.89 Å². The minimum absolute atomic E-state index is 0.216. The van der Waals surface area contributed by atoms with Crippen LogP contribution in [0.15, 0.2) is 39.9 Å². The molecular formula is C21H25BrN4O. The van der Waals surface area contributed by atoms with Crippen molar-refractivity contribution in [3.63, 3.8) is 0 Å². The second-order valence-electron chi connectivity index (χ2n) is 7.97. The molecule has 2 aromatic rings. The summed E-state index contributed by atoms with van der Waals surface area (Å²) in [6.07, 6.45) is 6.43. The number of carbonyl (C=O) groups is 1. The highest BCUT2D eigenvalue weighted by Crippen LogP contribution is 2.37. The smallest absolute Gasteiger partial charge is 0.281 e. The maximum Gasteiger partial charge on any atom is 0.292 e. The van der Waals surface area contributed by atoms with E-state index in [-0.39, 0.29) is 11.3 Å². The van der Waals surface area contributed by atoms with E-state index in [9.17, 15) is 4.79 Å². The fourth-order valence-electron chi connectivity index (χ4n) is 3.37. The highest BCUT2D eigenvalue weighted by molar-refractivity contribution is 9.12. The van der Waals surface area contributed by atoms with Gasteiger partial charge in [0.1, 0.15) is 0 Å². The minimum Gasteiger partial charge on any atom is -0.281 e. The van der Waals surface area contributed by atoms with Crippen LogP contribution in [0.2, 0.25) is 0 Å². The van der Waals surface area contributed by atoms with Crippen molar-refractivity contribution in [3.8, 4) is 0 Å². The zero-order chi connectivity index (χ0) is 19.4. The zero-order valence-electron chi connectivity index (χ0n) is 15.9. The van der Waals surface area contributed by atoms with Crippen LogP contribution in [0.3, 0.4) is 0 Å². The summed E-state index contributed by atoms with van der Waals surface area (Å²) in [5.41, 5.74) is 6.42. The Bertz CT molecular complexity index is 862. The van der Waals surface area contributed by atoms with Gasteiger partial charge >= 0.3 is 0 Å². The van der Waals surface area contributed by atoms with Gasteiger partial charge < -0.3 is 0 Å². The first-order chi connectivity index (χ1) is 12.8. The Balaban J connectivity index is 1.66. The summed E-state index contributed by atoms with van der Waals surface area (Å²) in [5, 5.41) is 11.3. The van der Waals surface area contributed by atoms with Gasteiger partial charge in [0.2, 0.25) is 0 Å². The fourth-order valence-corrected chi connectivity index (χ4v) is 3.74. The lowest BCUT2D eigenvalue weighted by Gasteiger charge is -2.33. The van der Waals surface area contributed by atoms with E-state index >= 15 is 0 Å². The number of fused-ring (bicyclic) bond motifs is 1. The summed E-state index contributed by atoms with van der Waals surface area (Å²) in [5.74, 6) is 0.263. The van der Waals surface area contributed by atoms with Crippen molar-refractivity contribution in [1.29, 1.82) is 0 Å². The van der Waals surface area contributed by atoms with E-state index in [1.165, 1.54) is 0 Å². The highest BCUT2D eigenvalue weighted by atomic mass is 79.9. The predicted octanol–water partition coefficient (Wildman–Crippen LogP) is 4.71. The molecule has 0 fully saturated rings. The molecule has 1 aliphatic rings. The van der Waals surface area contributed by atoms with Crippen LogP contribution >= 0.6 is 15.9 Å². The van der Waals surface area contributed by atoms with Gasteiger partial charge in [0, 0.05) is 15.7 Å². The molecule has 3 rings (SSSR count). The molecule has 2 N–H and O–H groups in total. The highest BCUT2D eigenvalue weighted by Gasteiger charge is 2.32. The number of hydrazone groups is 1. The van der Waals surface area contributed by atoms with Crippen LogP contribution in [0.1, 0.15) is 54.5 Å². The Kier molecular flexibility index (Phi) is 5.95. The van der Waals surface area contributed by atoms with E-state index < -0.39 is 0 Å². The number of hydrogen-bond acceptors (Lipinski definition) is 3. The molecule has 1 heterocycles. The summed E-state index contributed by atoms with van der Waals surface area (Å²) in [7, 11) is 0. The third-order valence-electron chi connectivity index (χ3n) is 5.04. The van der Waals surface area contributed by atoms with Crippen molar-refractivity contribution in [2.24, 2.45) is 16.4 Å². The molecule has 5 nitrogen and oxygen atoms in total. The van der Waals surface area contributed by atoms with Crippen molar-refractivity contribution in [3.05, 3.63) is 57.3 Å². The van der Waals surface area contributed by atoms with Crippen molar-refractivity contribution in [2.75, 3.05) is 0 Å². The molecule has 0 bridgehead atoms. The summed E-state index contributed by atoms with van der Waals surface area (Å²) in [6, 6.07) is 9.90. The lowest BCUT2D eigenvalue weighted by molar-refractivity contribution is 0.0948. The molecule has 1 atom stereocenters. The Morgan fingerprint density at radius 1 is 1.33 bits per heavy atom. The van der Waals surface area contributed by atoms with Gasteiger partial charge in [0.25, 0.3) is 5.91 Å². The van der Waals surface area contributed by atoms with Crippen LogP contribution < -0.4 is 5.43 Å². The summed E-state index contributed by atoms with van der Waals surface area (Å²) in [4.78, 5) is 12.5. The van der Waals surface area contributed by atoms with Gasteiger partial charge in [0.15, 0.2) is 5.69 Å². The molecule has 142 valence electrons. The van der Waals surface area contributed by atoms with Gasteiger partial charge in [-0.2, -0.15) is 10.2 Å².